The number of aromatic hydroxyl groups is 1. The molecule has 4 amide bonds. The summed E-state index contributed by atoms with van der Waals surface area (Å²) in [6.45, 7) is 4.33. The molecule has 9 rings (SSSR count). The van der Waals surface area contributed by atoms with Crippen LogP contribution in [0, 0.1) is 0 Å². The van der Waals surface area contributed by atoms with E-state index in [0.717, 1.165) is 60.2 Å². The molecule has 0 spiro atoms. The average Bonchev–Trinajstić information content (AvgIpc) is 3.70. The van der Waals surface area contributed by atoms with E-state index in [9.17, 15) is 19.5 Å². The molecule has 4 aliphatic heterocycles. The van der Waals surface area contributed by atoms with Crippen LogP contribution in [0.4, 0.5) is 26.4 Å². The van der Waals surface area contributed by atoms with Crippen LogP contribution in [0.15, 0.2) is 85.1 Å². The number of nitrogens with two attached hydrogens (primary N) is 1. The van der Waals surface area contributed by atoms with E-state index >= 15 is 4.39 Å². The minimum Gasteiger partial charge on any atom is -0.507 e. The Kier molecular flexibility index (Phi) is 11.1. The van der Waals surface area contributed by atoms with Gasteiger partial charge >= 0.3 is 6.03 Å². The summed E-state index contributed by atoms with van der Waals surface area (Å²) >= 11 is 0. The van der Waals surface area contributed by atoms with Crippen molar-refractivity contribution in [1.82, 2.24) is 29.9 Å². The zero-order valence-electron chi connectivity index (χ0n) is 34.4. The third-order valence-corrected chi connectivity index (χ3v) is 13.2. The molecule has 4 N–H and O–H groups in total. The first-order valence-electron chi connectivity index (χ1n) is 21.3. The van der Waals surface area contributed by atoms with Gasteiger partial charge in [-0.1, -0.05) is 24.3 Å². The highest BCUT2D eigenvalue weighted by atomic mass is 19.1. The van der Waals surface area contributed by atoms with Crippen molar-refractivity contribution in [3.8, 4) is 17.0 Å². The fourth-order valence-corrected chi connectivity index (χ4v) is 9.68. The Morgan fingerprint density at radius 2 is 1.72 bits per heavy atom. The fraction of sp³-hybridized carbons (Fsp3) is 0.413. The van der Waals surface area contributed by atoms with E-state index in [1.807, 2.05) is 54.6 Å². The Bertz CT molecular complexity index is 2430. The van der Waals surface area contributed by atoms with E-state index in [2.05, 4.69) is 42.1 Å². The Balaban J connectivity index is 0.776. The van der Waals surface area contributed by atoms with Crippen LogP contribution in [0.1, 0.15) is 66.4 Å². The van der Waals surface area contributed by atoms with Gasteiger partial charge < -0.3 is 34.8 Å². The first-order valence-corrected chi connectivity index (χ1v) is 21.3. The largest absolute Gasteiger partial charge is 0.507 e. The number of rotatable bonds is 9. The van der Waals surface area contributed by atoms with Crippen LogP contribution in [-0.2, 0) is 9.53 Å². The molecule has 4 fully saturated rings. The number of amides is 4. The second kappa shape index (κ2) is 16.8. The number of benzene rings is 3. The third kappa shape index (κ3) is 8.36. The lowest BCUT2D eigenvalue weighted by Crippen LogP contribution is -2.51. The minimum absolute atomic E-state index is 0.0657. The van der Waals surface area contributed by atoms with Crippen LogP contribution in [0.5, 0.6) is 5.75 Å². The quantitative estimate of drug-likeness (QED) is 0.158. The predicted octanol–water partition coefficient (Wildman–Crippen LogP) is 6.12. The van der Waals surface area contributed by atoms with E-state index < -0.39 is 11.7 Å². The molecule has 4 saturated heterocycles. The SMILES string of the molecule is CO[C@@H]1C[C@H](c2ccc(C(=O)N3CCC(F)(CN4CCC(n5ccc6cc(N7CCC(=O)NC7=O)ccc65)CC4)CC3)cc2)CN(c2cc(-c3ccccc3O)nnc2N)C1. The molecule has 6 heterocycles. The van der Waals surface area contributed by atoms with Crippen molar-refractivity contribution in [3.63, 3.8) is 0 Å². The lowest BCUT2D eigenvalue weighted by atomic mass is 9.88. The highest BCUT2D eigenvalue weighted by molar-refractivity contribution is 6.06. The number of ether oxygens (including phenoxy) is 1. The number of aromatic nitrogens is 3. The molecular weight excluding hydrogens is 778 g/mol. The van der Waals surface area contributed by atoms with Gasteiger partial charge in [-0.15, -0.1) is 10.2 Å². The maximum Gasteiger partial charge on any atom is 0.328 e. The number of fused-ring (bicyclic) bond motifs is 1. The van der Waals surface area contributed by atoms with Gasteiger partial charge in [0.15, 0.2) is 5.82 Å². The van der Waals surface area contributed by atoms with Gasteiger partial charge in [-0.3, -0.25) is 19.8 Å². The Labute approximate surface area is 354 Å². The van der Waals surface area contributed by atoms with Crippen LogP contribution in [0.25, 0.3) is 22.2 Å². The maximum atomic E-state index is 16.4. The number of urea groups is 1. The van der Waals surface area contributed by atoms with E-state index in [1.165, 1.54) is 0 Å². The van der Waals surface area contributed by atoms with Gasteiger partial charge in [-0.2, -0.15) is 0 Å². The van der Waals surface area contributed by atoms with Crippen LogP contribution >= 0.6 is 0 Å². The molecule has 318 valence electrons. The minimum atomic E-state index is -1.35. The summed E-state index contributed by atoms with van der Waals surface area (Å²) in [6, 6.07) is 24.6. The monoisotopic (exact) mass is 829 g/mol. The number of para-hydroxylation sites is 1. The number of likely N-dealkylation sites (tertiary alicyclic amines) is 2. The summed E-state index contributed by atoms with van der Waals surface area (Å²) in [5.41, 5.74) is 10.4. The van der Waals surface area contributed by atoms with Crippen LogP contribution in [-0.4, -0.2) is 119 Å². The third-order valence-electron chi connectivity index (χ3n) is 13.2. The number of carbonyl (C=O) groups is 3. The van der Waals surface area contributed by atoms with Crippen molar-refractivity contribution in [3.05, 3.63) is 96.2 Å². The first kappa shape index (κ1) is 40.4. The molecule has 0 aliphatic carbocycles. The van der Waals surface area contributed by atoms with Gasteiger partial charge in [0.25, 0.3) is 5.91 Å². The molecule has 2 aromatic heterocycles. The summed E-state index contributed by atoms with van der Waals surface area (Å²) in [5, 5.41) is 22.3. The summed E-state index contributed by atoms with van der Waals surface area (Å²) in [7, 11) is 1.71. The topological polar surface area (TPSA) is 162 Å². The normalized spacial score (nSPS) is 21.5. The predicted molar refractivity (Wildman–Crippen MR) is 231 cm³/mol. The summed E-state index contributed by atoms with van der Waals surface area (Å²) < 4.78 is 24.5. The van der Waals surface area contributed by atoms with Gasteiger partial charge in [0.2, 0.25) is 5.91 Å². The number of alkyl halides is 1. The fourth-order valence-electron chi connectivity index (χ4n) is 9.68. The number of piperidine rings is 3. The van der Waals surface area contributed by atoms with Gasteiger partial charge in [0, 0.05) is 125 Å². The second-order valence-electron chi connectivity index (χ2n) is 17.0. The number of carbonyl (C=O) groups excluding carboxylic acids is 3. The van der Waals surface area contributed by atoms with Gasteiger partial charge in [0.1, 0.15) is 11.4 Å². The number of imide groups is 1. The van der Waals surface area contributed by atoms with E-state index in [4.69, 9.17) is 10.5 Å². The van der Waals surface area contributed by atoms with Crippen molar-refractivity contribution in [1.29, 1.82) is 0 Å². The highest BCUT2D eigenvalue weighted by Gasteiger charge is 2.39. The van der Waals surface area contributed by atoms with Gasteiger partial charge in [-0.25, -0.2) is 9.18 Å². The molecule has 0 unspecified atom stereocenters. The van der Waals surface area contributed by atoms with Crippen LogP contribution in [0.3, 0.4) is 0 Å². The Morgan fingerprint density at radius 1 is 0.951 bits per heavy atom. The molecule has 0 bridgehead atoms. The van der Waals surface area contributed by atoms with E-state index in [-0.39, 0.29) is 42.0 Å². The summed E-state index contributed by atoms with van der Waals surface area (Å²) in [5.74, 6) is 0.172. The number of nitrogens with zero attached hydrogens (tertiary/aromatic N) is 7. The molecule has 5 aromatic rings. The number of phenols is 1. The van der Waals surface area contributed by atoms with Crippen LogP contribution in [0.2, 0.25) is 0 Å². The number of nitrogen functional groups attached to an aromatic ring is 1. The number of phenolic OH excluding ortho intramolecular Hbond substituents is 1. The maximum absolute atomic E-state index is 16.4. The van der Waals surface area contributed by atoms with Crippen molar-refractivity contribution in [2.24, 2.45) is 0 Å². The number of halogens is 1. The van der Waals surface area contributed by atoms with Gasteiger partial charge in [-0.05, 0) is 79.4 Å². The first-order chi connectivity index (χ1) is 29.5. The van der Waals surface area contributed by atoms with Crippen molar-refractivity contribution >= 4 is 45.9 Å². The summed E-state index contributed by atoms with van der Waals surface area (Å²) in [4.78, 5) is 45.4. The number of anilines is 3. The number of hydrogen-bond donors (Lipinski definition) is 3. The molecule has 2 atom stereocenters. The molecule has 15 heteroatoms. The molecule has 3 aromatic carbocycles. The number of methoxy groups -OCH3 is 1. The van der Waals surface area contributed by atoms with Crippen LogP contribution < -0.4 is 20.9 Å². The van der Waals surface area contributed by atoms with E-state index in [1.54, 1.807) is 35.1 Å². The second-order valence-corrected chi connectivity index (χ2v) is 17.0. The van der Waals surface area contributed by atoms with Crippen molar-refractivity contribution in [2.45, 2.75) is 62.3 Å². The Morgan fingerprint density at radius 3 is 2.46 bits per heavy atom. The highest BCUT2D eigenvalue weighted by Crippen LogP contribution is 2.37. The average molecular weight is 830 g/mol. The molecular formula is C46H52FN9O5. The van der Waals surface area contributed by atoms with Crippen molar-refractivity contribution < 1.29 is 28.6 Å². The van der Waals surface area contributed by atoms with Crippen molar-refractivity contribution in [2.75, 3.05) is 75.0 Å². The van der Waals surface area contributed by atoms with Gasteiger partial charge in [0.05, 0.1) is 17.5 Å². The summed E-state index contributed by atoms with van der Waals surface area (Å²) in [6.07, 6.45) is 5.52. The molecule has 0 radical (unpaired) electrons. The molecule has 14 nitrogen and oxygen atoms in total. The standard InChI is InChI=1S/C46H52FN9O5/c1-61-36-25-33(27-54(28-36)40-26-38(50-51-43(40)48)37-4-2-3-5-41(37)57)30-6-8-31(9-7-30)44(59)53-22-16-46(47,17-23-53)29-52-18-13-34(14-19-52)55-20-12-32-24-35(10-11-39(32)55)56-21-15-42(58)49-45(56)60/h2-12,20,24,26,33-34,36,57H,13-19,21-23,25,27-29H2,1H3,(H2,48,51)(H,49,58,60)/t33-,36+/m0/s1. The van der Waals surface area contributed by atoms with E-state index in [0.29, 0.717) is 74.7 Å². The number of nitrogens with one attached hydrogen (secondary N) is 1. The number of hydrogen-bond acceptors (Lipinski definition) is 10. The zero-order chi connectivity index (χ0) is 42.3. The smallest absolute Gasteiger partial charge is 0.328 e. The molecule has 61 heavy (non-hydrogen) atoms. The Hall–Kier alpha value is -6.06. The molecule has 0 saturated carbocycles. The lowest BCUT2D eigenvalue weighted by Gasteiger charge is -2.41. The lowest BCUT2D eigenvalue weighted by molar-refractivity contribution is -0.120. The molecule has 4 aliphatic rings. The zero-order valence-corrected chi connectivity index (χ0v) is 34.4.